The Bertz CT molecular complexity index is 792. The largest absolute Gasteiger partial charge is 0.391 e. The van der Waals surface area contributed by atoms with Crippen LogP contribution in [0.2, 0.25) is 0 Å². The van der Waals surface area contributed by atoms with E-state index >= 15 is 0 Å². The molecule has 0 aliphatic heterocycles. The van der Waals surface area contributed by atoms with Gasteiger partial charge in [-0.05, 0) is 35.7 Å². The summed E-state index contributed by atoms with van der Waals surface area (Å²) in [6, 6.07) is 25.6. The number of rotatable bonds is 7. The van der Waals surface area contributed by atoms with Gasteiger partial charge < -0.3 is 5.11 Å². The van der Waals surface area contributed by atoms with Gasteiger partial charge >= 0.3 is 0 Å². The van der Waals surface area contributed by atoms with Crippen LogP contribution in [-0.2, 0) is 13.0 Å². The number of nitrogens with zero attached hydrogens (tertiary/aromatic N) is 1. The zero-order valence-corrected chi connectivity index (χ0v) is 15.1. The molecule has 0 radical (unpaired) electrons. The molecule has 2 nitrogen and oxygen atoms in total. The van der Waals surface area contributed by atoms with Gasteiger partial charge in [-0.2, -0.15) is 0 Å². The first-order chi connectivity index (χ1) is 12.1. The molecule has 0 bridgehead atoms. The quantitative estimate of drug-likeness (QED) is 0.680. The smallest absolute Gasteiger partial charge is 0.0707 e. The fraction of sp³-hybridized carbons (Fsp3) is 0.304. The van der Waals surface area contributed by atoms with Crippen molar-refractivity contribution < 1.29 is 5.11 Å². The number of hydrogen-bond acceptors (Lipinski definition) is 2. The normalized spacial score (nSPS) is 12.8. The van der Waals surface area contributed by atoms with Crippen molar-refractivity contribution in [2.75, 3.05) is 6.54 Å². The van der Waals surface area contributed by atoms with Crippen LogP contribution in [0.4, 0.5) is 0 Å². The summed E-state index contributed by atoms with van der Waals surface area (Å²) in [5.74, 6) is 0. The number of aliphatic hydroxyl groups is 1. The van der Waals surface area contributed by atoms with Crippen LogP contribution < -0.4 is 0 Å². The van der Waals surface area contributed by atoms with E-state index in [9.17, 15) is 5.11 Å². The van der Waals surface area contributed by atoms with Gasteiger partial charge in [-0.25, -0.2) is 0 Å². The number of aliphatic hydroxyl groups excluding tert-OH is 1. The highest BCUT2D eigenvalue weighted by Gasteiger charge is 2.16. The van der Waals surface area contributed by atoms with Crippen molar-refractivity contribution in [3.63, 3.8) is 0 Å². The van der Waals surface area contributed by atoms with Crippen molar-refractivity contribution >= 4 is 10.8 Å². The lowest BCUT2D eigenvalue weighted by molar-refractivity contribution is 0.0910. The van der Waals surface area contributed by atoms with Crippen molar-refractivity contribution in [2.45, 2.75) is 39.0 Å². The van der Waals surface area contributed by atoms with Gasteiger partial charge in [-0.1, -0.05) is 72.8 Å². The van der Waals surface area contributed by atoms with Gasteiger partial charge in [0.2, 0.25) is 0 Å². The molecule has 130 valence electrons. The lowest BCUT2D eigenvalue weighted by Gasteiger charge is -2.29. The maximum absolute atomic E-state index is 10.7. The summed E-state index contributed by atoms with van der Waals surface area (Å²) in [7, 11) is 0. The fourth-order valence-electron chi connectivity index (χ4n) is 3.34. The SMILES string of the molecule is CC(C)N(Cc1ccccc1)C[C@H](O)Cc1cccc2ccccc12. The van der Waals surface area contributed by atoms with E-state index < -0.39 is 0 Å². The predicted molar refractivity (Wildman–Crippen MR) is 106 cm³/mol. The minimum atomic E-state index is -0.378. The third-order valence-electron chi connectivity index (χ3n) is 4.74. The van der Waals surface area contributed by atoms with Gasteiger partial charge in [-0.15, -0.1) is 0 Å². The minimum absolute atomic E-state index is 0.378. The Labute approximate surface area is 150 Å². The molecule has 0 aliphatic rings. The van der Waals surface area contributed by atoms with Crippen molar-refractivity contribution in [2.24, 2.45) is 0 Å². The Morgan fingerprint density at radius 2 is 1.52 bits per heavy atom. The molecule has 3 aromatic carbocycles. The Morgan fingerprint density at radius 3 is 2.28 bits per heavy atom. The number of benzene rings is 3. The molecule has 0 saturated heterocycles. The monoisotopic (exact) mass is 333 g/mol. The van der Waals surface area contributed by atoms with Crippen LogP contribution in [0.15, 0.2) is 72.8 Å². The molecular weight excluding hydrogens is 306 g/mol. The van der Waals surface area contributed by atoms with Gasteiger partial charge in [0.05, 0.1) is 6.10 Å². The van der Waals surface area contributed by atoms with E-state index in [1.807, 2.05) is 6.07 Å². The highest BCUT2D eigenvalue weighted by molar-refractivity contribution is 5.85. The molecule has 0 saturated carbocycles. The van der Waals surface area contributed by atoms with Crippen molar-refractivity contribution in [1.29, 1.82) is 0 Å². The molecule has 0 amide bonds. The van der Waals surface area contributed by atoms with Crippen molar-refractivity contribution in [3.05, 3.63) is 83.9 Å². The Kier molecular flexibility index (Phi) is 5.85. The summed E-state index contributed by atoms with van der Waals surface area (Å²) in [4.78, 5) is 2.34. The first kappa shape index (κ1) is 17.7. The molecule has 3 rings (SSSR count). The molecule has 3 aromatic rings. The summed E-state index contributed by atoms with van der Waals surface area (Å²) in [6.07, 6.45) is 0.302. The molecule has 2 heteroatoms. The van der Waals surface area contributed by atoms with Crippen LogP contribution in [0.1, 0.15) is 25.0 Å². The Balaban J connectivity index is 1.70. The van der Waals surface area contributed by atoms with Crippen LogP contribution in [-0.4, -0.2) is 28.7 Å². The molecule has 1 N–H and O–H groups in total. The van der Waals surface area contributed by atoms with Crippen LogP contribution in [0.25, 0.3) is 10.8 Å². The molecule has 25 heavy (non-hydrogen) atoms. The standard InChI is InChI=1S/C23H27NO/c1-18(2)24(16-19-9-4-3-5-10-19)17-22(25)15-21-13-8-12-20-11-6-7-14-23(20)21/h3-14,18,22,25H,15-17H2,1-2H3/t22-/m1/s1. The first-order valence-electron chi connectivity index (χ1n) is 9.06. The van der Waals surface area contributed by atoms with E-state index in [4.69, 9.17) is 0 Å². The molecule has 0 aromatic heterocycles. The fourth-order valence-corrected chi connectivity index (χ4v) is 3.34. The summed E-state index contributed by atoms with van der Waals surface area (Å²) >= 11 is 0. The summed E-state index contributed by atoms with van der Waals surface area (Å²) in [5.41, 5.74) is 2.50. The predicted octanol–water partition coefficient (Wildman–Crippen LogP) is 4.65. The van der Waals surface area contributed by atoms with Crippen LogP contribution >= 0.6 is 0 Å². The summed E-state index contributed by atoms with van der Waals surface area (Å²) in [6.45, 7) is 5.92. The zero-order chi connectivity index (χ0) is 17.6. The van der Waals surface area contributed by atoms with Gasteiger partial charge in [0.15, 0.2) is 0 Å². The van der Waals surface area contributed by atoms with Crippen LogP contribution in [0, 0.1) is 0 Å². The lowest BCUT2D eigenvalue weighted by atomic mass is 9.99. The third kappa shape index (κ3) is 4.68. The second-order valence-corrected chi connectivity index (χ2v) is 7.01. The van der Waals surface area contributed by atoms with Crippen molar-refractivity contribution in [1.82, 2.24) is 4.90 Å². The summed E-state index contributed by atoms with van der Waals surface area (Å²) in [5, 5.41) is 13.2. The van der Waals surface area contributed by atoms with E-state index in [-0.39, 0.29) is 6.10 Å². The first-order valence-corrected chi connectivity index (χ1v) is 9.06. The highest BCUT2D eigenvalue weighted by Crippen LogP contribution is 2.20. The second-order valence-electron chi connectivity index (χ2n) is 7.01. The van der Waals surface area contributed by atoms with Gasteiger partial charge in [0.1, 0.15) is 0 Å². The van der Waals surface area contributed by atoms with Gasteiger partial charge in [0.25, 0.3) is 0 Å². The van der Waals surface area contributed by atoms with Crippen molar-refractivity contribution in [3.8, 4) is 0 Å². The van der Waals surface area contributed by atoms with E-state index in [1.165, 1.54) is 21.9 Å². The van der Waals surface area contributed by atoms with E-state index in [0.717, 1.165) is 6.54 Å². The number of fused-ring (bicyclic) bond motifs is 1. The Morgan fingerprint density at radius 1 is 0.840 bits per heavy atom. The minimum Gasteiger partial charge on any atom is -0.391 e. The topological polar surface area (TPSA) is 23.5 Å². The molecule has 0 aliphatic carbocycles. The molecule has 0 heterocycles. The average Bonchev–Trinajstić information content (AvgIpc) is 2.62. The molecule has 0 unspecified atom stereocenters. The molecule has 0 spiro atoms. The van der Waals surface area contributed by atoms with E-state index in [1.54, 1.807) is 0 Å². The molecule has 1 atom stereocenters. The second kappa shape index (κ2) is 8.28. The third-order valence-corrected chi connectivity index (χ3v) is 4.74. The molecular formula is C23H27NO. The lowest BCUT2D eigenvalue weighted by Crippen LogP contribution is -2.37. The van der Waals surface area contributed by atoms with E-state index in [0.29, 0.717) is 19.0 Å². The highest BCUT2D eigenvalue weighted by atomic mass is 16.3. The average molecular weight is 333 g/mol. The summed E-state index contributed by atoms with van der Waals surface area (Å²) < 4.78 is 0. The Hall–Kier alpha value is -2.16. The maximum Gasteiger partial charge on any atom is 0.0707 e. The maximum atomic E-state index is 10.7. The van der Waals surface area contributed by atoms with E-state index in [2.05, 4.69) is 85.5 Å². The van der Waals surface area contributed by atoms with Gasteiger partial charge in [-0.3, -0.25) is 4.90 Å². The molecule has 0 fully saturated rings. The zero-order valence-electron chi connectivity index (χ0n) is 15.1. The van der Waals surface area contributed by atoms with Crippen LogP contribution in [0.5, 0.6) is 0 Å². The van der Waals surface area contributed by atoms with Crippen LogP contribution in [0.3, 0.4) is 0 Å². The number of hydrogen-bond donors (Lipinski definition) is 1. The van der Waals surface area contributed by atoms with Gasteiger partial charge in [0, 0.05) is 25.6 Å².